The second kappa shape index (κ2) is 8.19. The fraction of sp³-hybridized carbons (Fsp3) is 0.222. The highest BCUT2D eigenvalue weighted by atomic mass is 19.1. The molecule has 0 aliphatic rings. The van der Waals surface area contributed by atoms with E-state index in [1.54, 1.807) is 24.3 Å². The maximum atomic E-state index is 13.5. The highest BCUT2D eigenvalue weighted by molar-refractivity contribution is 5.97. The monoisotopic (exact) mass is 332 g/mol. The summed E-state index contributed by atoms with van der Waals surface area (Å²) in [5.74, 6) is -1.58. The van der Waals surface area contributed by atoms with Gasteiger partial charge in [0.1, 0.15) is 18.2 Å². The molecule has 0 aromatic heterocycles. The summed E-state index contributed by atoms with van der Waals surface area (Å²) >= 11 is 0. The molecule has 126 valence electrons. The fourth-order valence-corrected chi connectivity index (χ4v) is 2.27. The van der Waals surface area contributed by atoms with Crippen LogP contribution in [0.3, 0.4) is 0 Å². The van der Waals surface area contributed by atoms with E-state index in [9.17, 15) is 18.4 Å². The van der Waals surface area contributed by atoms with E-state index in [4.69, 9.17) is 0 Å². The zero-order chi connectivity index (χ0) is 17.5. The summed E-state index contributed by atoms with van der Waals surface area (Å²) in [6.45, 7) is 1.32. The third-order valence-corrected chi connectivity index (χ3v) is 3.48. The van der Waals surface area contributed by atoms with Crippen molar-refractivity contribution < 1.29 is 18.4 Å². The van der Waals surface area contributed by atoms with Crippen LogP contribution >= 0.6 is 0 Å². The van der Waals surface area contributed by atoms with Gasteiger partial charge in [0.2, 0.25) is 11.8 Å². The molecule has 0 unspecified atom stereocenters. The lowest BCUT2D eigenvalue weighted by molar-refractivity contribution is -0.123. The standard InChI is InChI=1S/C18H18F2N2O2/c1-13(23)22(16-7-4-6-15(19)11-16)12-18(24)21-10-9-14-5-2-3-8-17(14)20/h2-8,11H,9-10,12H2,1H3,(H,21,24). The molecule has 1 N–H and O–H groups in total. The normalized spacial score (nSPS) is 10.3. The van der Waals surface area contributed by atoms with Crippen LogP contribution in [-0.2, 0) is 16.0 Å². The van der Waals surface area contributed by atoms with Gasteiger partial charge < -0.3 is 10.2 Å². The molecule has 0 bridgehead atoms. The Kier molecular flexibility index (Phi) is 6.01. The minimum absolute atomic E-state index is 0.226. The Morgan fingerprint density at radius 1 is 1.08 bits per heavy atom. The quantitative estimate of drug-likeness (QED) is 0.884. The molecule has 0 aliphatic heterocycles. The summed E-state index contributed by atoms with van der Waals surface area (Å²) in [6, 6.07) is 11.8. The van der Waals surface area contributed by atoms with E-state index < -0.39 is 11.7 Å². The van der Waals surface area contributed by atoms with E-state index in [-0.39, 0.29) is 24.8 Å². The van der Waals surface area contributed by atoms with Crippen LogP contribution in [0.25, 0.3) is 0 Å². The topological polar surface area (TPSA) is 49.4 Å². The van der Waals surface area contributed by atoms with Crippen molar-refractivity contribution in [1.82, 2.24) is 5.32 Å². The zero-order valence-electron chi connectivity index (χ0n) is 13.3. The molecule has 24 heavy (non-hydrogen) atoms. The van der Waals surface area contributed by atoms with Gasteiger partial charge in [0.25, 0.3) is 0 Å². The first-order valence-electron chi connectivity index (χ1n) is 7.51. The smallest absolute Gasteiger partial charge is 0.240 e. The first-order chi connectivity index (χ1) is 11.5. The van der Waals surface area contributed by atoms with Gasteiger partial charge in [0.15, 0.2) is 0 Å². The van der Waals surface area contributed by atoms with Crippen LogP contribution in [0.4, 0.5) is 14.5 Å². The van der Waals surface area contributed by atoms with Gasteiger partial charge >= 0.3 is 0 Å². The van der Waals surface area contributed by atoms with Crippen LogP contribution in [0.15, 0.2) is 48.5 Å². The molecule has 0 saturated carbocycles. The number of hydrogen-bond donors (Lipinski definition) is 1. The van der Waals surface area contributed by atoms with Crippen molar-refractivity contribution in [2.24, 2.45) is 0 Å². The minimum atomic E-state index is -0.487. The first-order valence-corrected chi connectivity index (χ1v) is 7.51. The summed E-state index contributed by atoms with van der Waals surface area (Å²) < 4.78 is 26.8. The van der Waals surface area contributed by atoms with E-state index in [2.05, 4.69) is 5.32 Å². The van der Waals surface area contributed by atoms with Gasteiger partial charge in [-0.1, -0.05) is 24.3 Å². The minimum Gasteiger partial charge on any atom is -0.354 e. The van der Waals surface area contributed by atoms with E-state index in [0.717, 1.165) is 0 Å². The predicted molar refractivity (Wildman–Crippen MR) is 87.5 cm³/mol. The maximum Gasteiger partial charge on any atom is 0.240 e. The number of anilines is 1. The summed E-state index contributed by atoms with van der Waals surface area (Å²) in [4.78, 5) is 24.9. The number of carbonyl (C=O) groups is 2. The first kappa shape index (κ1) is 17.6. The Balaban J connectivity index is 1.92. The number of amides is 2. The molecule has 0 fully saturated rings. The van der Waals surface area contributed by atoms with E-state index in [1.165, 1.54) is 36.1 Å². The lowest BCUT2D eigenvalue weighted by Gasteiger charge is -2.20. The van der Waals surface area contributed by atoms with Gasteiger partial charge in [-0.3, -0.25) is 9.59 Å². The summed E-state index contributed by atoms with van der Waals surface area (Å²) in [5, 5.41) is 2.63. The number of hydrogen-bond acceptors (Lipinski definition) is 2. The van der Waals surface area contributed by atoms with E-state index in [0.29, 0.717) is 17.7 Å². The van der Waals surface area contributed by atoms with Gasteiger partial charge in [0.05, 0.1) is 0 Å². The van der Waals surface area contributed by atoms with Crippen molar-refractivity contribution >= 4 is 17.5 Å². The largest absolute Gasteiger partial charge is 0.354 e. The van der Waals surface area contributed by atoms with Gasteiger partial charge in [-0.15, -0.1) is 0 Å². The number of nitrogens with one attached hydrogen (secondary N) is 1. The molecule has 6 heteroatoms. The third kappa shape index (κ3) is 4.87. The molecule has 4 nitrogen and oxygen atoms in total. The van der Waals surface area contributed by atoms with Gasteiger partial charge in [0, 0.05) is 19.2 Å². The van der Waals surface area contributed by atoms with Crippen molar-refractivity contribution in [3.05, 3.63) is 65.7 Å². The molecular weight excluding hydrogens is 314 g/mol. The molecule has 0 radical (unpaired) electrons. The average Bonchev–Trinajstić information content (AvgIpc) is 2.54. The maximum absolute atomic E-state index is 13.5. The Morgan fingerprint density at radius 2 is 1.83 bits per heavy atom. The Labute approximate surface area is 139 Å². The van der Waals surface area contributed by atoms with Crippen LogP contribution in [0.5, 0.6) is 0 Å². The third-order valence-electron chi connectivity index (χ3n) is 3.48. The van der Waals surface area contributed by atoms with Crippen molar-refractivity contribution in [3.63, 3.8) is 0 Å². The van der Waals surface area contributed by atoms with Crippen LogP contribution < -0.4 is 10.2 Å². The lowest BCUT2D eigenvalue weighted by Crippen LogP contribution is -2.40. The van der Waals surface area contributed by atoms with E-state index >= 15 is 0 Å². The molecule has 0 spiro atoms. The van der Waals surface area contributed by atoms with Crippen LogP contribution in [0.1, 0.15) is 12.5 Å². The van der Waals surface area contributed by atoms with Gasteiger partial charge in [-0.25, -0.2) is 8.78 Å². The number of nitrogens with zero attached hydrogens (tertiary/aromatic N) is 1. The van der Waals surface area contributed by atoms with Crippen molar-refractivity contribution in [3.8, 4) is 0 Å². The average molecular weight is 332 g/mol. The molecule has 2 aromatic rings. The molecule has 2 amide bonds. The van der Waals surface area contributed by atoms with Crippen molar-refractivity contribution in [1.29, 1.82) is 0 Å². The summed E-state index contributed by atoms with van der Waals surface area (Å²) in [6.07, 6.45) is 0.346. The fourth-order valence-electron chi connectivity index (χ4n) is 2.27. The lowest BCUT2D eigenvalue weighted by atomic mass is 10.1. The van der Waals surface area contributed by atoms with Gasteiger partial charge in [-0.2, -0.15) is 0 Å². The highest BCUT2D eigenvalue weighted by Gasteiger charge is 2.16. The Bertz CT molecular complexity index is 734. The second-order valence-electron chi connectivity index (χ2n) is 5.28. The van der Waals surface area contributed by atoms with Crippen LogP contribution in [0, 0.1) is 11.6 Å². The second-order valence-corrected chi connectivity index (χ2v) is 5.28. The Morgan fingerprint density at radius 3 is 2.50 bits per heavy atom. The predicted octanol–water partition coefficient (Wildman–Crippen LogP) is 2.68. The van der Waals surface area contributed by atoms with Crippen molar-refractivity contribution in [2.75, 3.05) is 18.0 Å². The Hall–Kier alpha value is -2.76. The van der Waals surface area contributed by atoms with Crippen molar-refractivity contribution in [2.45, 2.75) is 13.3 Å². The SMILES string of the molecule is CC(=O)N(CC(=O)NCCc1ccccc1F)c1cccc(F)c1. The number of halogens is 2. The molecule has 0 saturated heterocycles. The molecule has 2 rings (SSSR count). The molecule has 0 heterocycles. The zero-order valence-corrected chi connectivity index (χ0v) is 13.3. The van der Waals surface area contributed by atoms with Gasteiger partial charge in [-0.05, 0) is 36.2 Å². The number of benzene rings is 2. The van der Waals surface area contributed by atoms with Crippen LogP contribution in [0.2, 0.25) is 0 Å². The number of carbonyl (C=O) groups excluding carboxylic acids is 2. The molecule has 2 aromatic carbocycles. The highest BCUT2D eigenvalue weighted by Crippen LogP contribution is 2.15. The molecular formula is C18H18F2N2O2. The molecule has 0 aliphatic carbocycles. The molecule has 0 atom stereocenters. The van der Waals surface area contributed by atoms with E-state index in [1.807, 2.05) is 0 Å². The summed E-state index contributed by atoms with van der Waals surface area (Å²) in [5.41, 5.74) is 0.818. The summed E-state index contributed by atoms with van der Waals surface area (Å²) in [7, 11) is 0. The number of rotatable bonds is 6. The van der Waals surface area contributed by atoms with Crippen LogP contribution in [-0.4, -0.2) is 24.9 Å².